The maximum Gasteiger partial charge on any atom is 0.211 e. The van der Waals surface area contributed by atoms with E-state index in [1.54, 1.807) is 0 Å². The second-order valence-electron chi connectivity index (χ2n) is 3.39. The maximum absolute atomic E-state index is 11.5. The van der Waals surface area contributed by atoms with Crippen LogP contribution in [-0.4, -0.2) is 37.6 Å². The van der Waals surface area contributed by atoms with Crippen LogP contribution in [-0.2, 0) is 10.0 Å². The quantitative estimate of drug-likeness (QED) is 0.758. The molecule has 1 unspecified atom stereocenters. The molecule has 6 heteroatoms. The Morgan fingerprint density at radius 1 is 1.50 bits per heavy atom. The first kappa shape index (κ1) is 12.6. The molecule has 0 saturated carbocycles. The van der Waals surface area contributed by atoms with Gasteiger partial charge in [0.15, 0.2) is 0 Å². The summed E-state index contributed by atoms with van der Waals surface area (Å²) < 4.78 is 25.7. The minimum atomic E-state index is -3.09. The van der Waals surface area contributed by atoms with Crippen molar-refractivity contribution < 1.29 is 8.42 Å². The molecule has 0 amide bonds. The number of hydrogen-bond acceptors (Lipinski definition) is 3. The van der Waals surface area contributed by atoms with E-state index in [4.69, 9.17) is 11.6 Å². The van der Waals surface area contributed by atoms with Crippen LogP contribution in [0.25, 0.3) is 0 Å². The van der Waals surface area contributed by atoms with Crippen LogP contribution < -0.4 is 4.72 Å². The van der Waals surface area contributed by atoms with Crippen molar-refractivity contribution in [3.05, 3.63) is 0 Å². The number of alkyl halides is 1. The lowest BCUT2D eigenvalue weighted by molar-refractivity contribution is 0.542. The van der Waals surface area contributed by atoms with E-state index in [1.165, 1.54) is 0 Å². The Morgan fingerprint density at radius 2 is 2.29 bits per heavy atom. The number of thioether (sulfide) groups is 1. The molecule has 0 spiro atoms. The molecule has 0 bridgehead atoms. The summed E-state index contributed by atoms with van der Waals surface area (Å²) in [4.78, 5) is 0. The van der Waals surface area contributed by atoms with Gasteiger partial charge in [-0.25, -0.2) is 13.1 Å². The molecule has 0 aromatic heterocycles. The lowest BCUT2D eigenvalue weighted by Gasteiger charge is -2.22. The molecule has 1 atom stereocenters. The summed E-state index contributed by atoms with van der Waals surface area (Å²) in [7, 11) is -3.09. The lowest BCUT2D eigenvalue weighted by atomic mass is 10.2. The van der Waals surface area contributed by atoms with Gasteiger partial charge in [-0.3, -0.25) is 0 Å². The fourth-order valence-corrected chi connectivity index (χ4v) is 4.21. The molecule has 1 saturated heterocycles. The van der Waals surface area contributed by atoms with Crippen molar-refractivity contribution in [1.82, 2.24) is 4.72 Å². The first-order valence-corrected chi connectivity index (χ1v) is 8.12. The first-order valence-electron chi connectivity index (χ1n) is 4.78. The van der Waals surface area contributed by atoms with Crippen molar-refractivity contribution in [2.45, 2.75) is 25.3 Å². The second-order valence-corrected chi connectivity index (χ2v) is 6.79. The Labute approximate surface area is 95.0 Å². The van der Waals surface area contributed by atoms with E-state index < -0.39 is 10.0 Å². The van der Waals surface area contributed by atoms with Crippen molar-refractivity contribution in [2.24, 2.45) is 0 Å². The molecule has 3 nitrogen and oxygen atoms in total. The van der Waals surface area contributed by atoms with Gasteiger partial charge in [0.1, 0.15) is 0 Å². The smallest absolute Gasteiger partial charge is 0.211 e. The molecular weight excluding hydrogens is 242 g/mol. The van der Waals surface area contributed by atoms with Crippen LogP contribution >= 0.6 is 23.4 Å². The summed E-state index contributed by atoms with van der Waals surface area (Å²) in [6.07, 6.45) is 2.59. The number of nitrogens with one attached hydrogen (secondary N) is 1. The zero-order chi connectivity index (χ0) is 10.4. The number of sulfonamides is 1. The van der Waals surface area contributed by atoms with Gasteiger partial charge < -0.3 is 0 Å². The molecule has 1 aliphatic rings. The van der Waals surface area contributed by atoms with Crippen LogP contribution in [0.3, 0.4) is 0 Å². The molecule has 1 heterocycles. The molecular formula is C8H16ClNO2S2. The zero-order valence-electron chi connectivity index (χ0n) is 8.04. The van der Waals surface area contributed by atoms with Gasteiger partial charge in [-0.1, -0.05) is 0 Å². The van der Waals surface area contributed by atoms with Crippen LogP contribution in [0.1, 0.15) is 19.3 Å². The second kappa shape index (κ2) is 6.20. The molecule has 0 aromatic carbocycles. The van der Waals surface area contributed by atoms with Gasteiger partial charge in [0.2, 0.25) is 10.0 Å². The Kier molecular flexibility index (Phi) is 5.59. The maximum atomic E-state index is 11.5. The standard InChI is InChI=1S/C8H16ClNO2S2/c9-4-2-6-14(11,12)10-8-3-1-5-13-7-8/h8,10H,1-7H2. The highest BCUT2D eigenvalue weighted by atomic mass is 35.5. The Balaban J connectivity index is 2.33. The van der Waals surface area contributed by atoms with Crippen LogP contribution in [0, 0.1) is 0 Å². The topological polar surface area (TPSA) is 46.2 Å². The van der Waals surface area contributed by atoms with E-state index in [-0.39, 0.29) is 11.8 Å². The van der Waals surface area contributed by atoms with Crippen molar-refractivity contribution in [2.75, 3.05) is 23.1 Å². The largest absolute Gasteiger partial charge is 0.212 e. The first-order chi connectivity index (χ1) is 6.64. The van der Waals surface area contributed by atoms with Crippen LogP contribution in [0.4, 0.5) is 0 Å². The number of rotatable bonds is 5. The van der Waals surface area contributed by atoms with E-state index in [9.17, 15) is 8.42 Å². The molecule has 0 radical (unpaired) electrons. The van der Waals surface area contributed by atoms with E-state index in [0.717, 1.165) is 24.3 Å². The lowest BCUT2D eigenvalue weighted by Crippen LogP contribution is -2.39. The highest BCUT2D eigenvalue weighted by Gasteiger charge is 2.19. The normalized spacial score (nSPS) is 23.6. The van der Waals surface area contributed by atoms with Crippen molar-refractivity contribution in [1.29, 1.82) is 0 Å². The van der Waals surface area contributed by atoms with Gasteiger partial charge in [0.05, 0.1) is 5.75 Å². The third kappa shape index (κ3) is 4.87. The van der Waals surface area contributed by atoms with Gasteiger partial charge in [-0.05, 0) is 25.0 Å². The summed E-state index contributed by atoms with van der Waals surface area (Å²) in [6, 6.07) is 0.133. The van der Waals surface area contributed by atoms with Gasteiger partial charge in [-0.15, -0.1) is 11.6 Å². The summed E-state index contributed by atoms with van der Waals surface area (Å²) in [6.45, 7) is 0. The van der Waals surface area contributed by atoms with Gasteiger partial charge in [-0.2, -0.15) is 11.8 Å². The Bertz CT molecular complexity index is 250. The Morgan fingerprint density at radius 3 is 2.86 bits per heavy atom. The molecule has 14 heavy (non-hydrogen) atoms. The fourth-order valence-electron chi connectivity index (χ4n) is 1.39. The molecule has 84 valence electrons. The average molecular weight is 258 g/mol. The molecule has 0 aliphatic carbocycles. The van der Waals surface area contributed by atoms with E-state index in [1.807, 2.05) is 11.8 Å². The third-order valence-electron chi connectivity index (χ3n) is 2.05. The van der Waals surface area contributed by atoms with Gasteiger partial charge in [0, 0.05) is 17.7 Å². The number of hydrogen-bond donors (Lipinski definition) is 1. The van der Waals surface area contributed by atoms with E-state index in [2.05, 4.69) is 4.72 Å². The number of halogens is 1. The molecule has 0 aromatic rings. The molecule has 1 N–H and O–H groups in total. The highest BCUT2D eigenvalue weighted by molar-refractivity contribution is 7.99. The predicted octanol–water partition coefficient (Wildman–Crippen LogP) is 1.43. The van der Waals surface area contributed by atoms with Crippen LogP contribution in [0.2, 0.25) is 0 Å². The zero-order valence-corrected chi connectivity index (χ0v) is 10.4. The van der Waals surface area contributed by atoms with E-state index >= 15 is 0 Å². The fraction of sp³-hybridized carbons (Fsp3) is 1.00. The van der Waals surface area contributed by atoms with Crippen LogP contribution in [0.15, 0.2) is 0 Å². The molecule has 1 aliphatic heterocycles. The van der Waals surface area contributed by atoms with Crippen molar-refractivity contribution in [3.8, 4) is 0 Å². The van der Waals surface area contributed by atoms with Gasteiger partial charge in [0.25, 0.3) is 0 Å². The van der Waals surface area contributed by atoms with Crippen LogP contribution in [0.5, 0.6) is 0 Å². The monoisotopic (exact) mass is 257 g/mol. The summed E-state index contributed by atoms with van der Waals surface area (Å²) in [5.74, 6) is 2.61. The summed E-state index contributed by atoms with van der Waals surface area (Å²) >= 11 is 7.27. The highest BCUT2D eigenvalue weighted by Crippen LogP contribution is 2.17. The average Bonchev–Trinajstić information content (AvgIpc) is 2.16. The minimum absolute atomic E-state index is 0.133. The van der Waals surface area contributed by atoms with Gasteiger partial charge >= 0.3 is 0 Å². The Hall–Kier alpha value is 0.550. The summed E-state index contributed by atoms with van der Waals surface area (Å²) in [5.41, 5.74) is 0. The third-order valence-corrected chi connectivity index (χ3v) is 5.05. The van der Waals surface area contributed by atoms with E-state index in [0.29, 0.717) is 12.3 Å². The predicted molar refractivity (Wildman–Crippen MR) is 62.6 cm³/mol. The molecule has 1 rings (SSSR count). The SMILES string of the molecule is O=S(=O)(CCCCl)NC1CCCSC1. The molecule has 1 fully saturated rings. The summed E-state index contributed by atoms with van der Waals surface area (Å²) in [5, 5.41) is 0. The van der Waals surface area contributed by atoms with Crippen molar-refractivity contribution >= 4 is 33.4 Å². The van der Waals surface area contributed by atoms with Crippen molar-refractivity contribution in [3.63, 3.8) is 0 Å². The minimum Gasteiger partial charge on any atom is -0.212 e.